The largest absolute Gasteiger partial charge is 0.381 e. The van der Waals surface area contributed by atoms with Crippen molar-refractivity contribution in [1.82, 2.24) is 10.3 Å². The quantitative estimate of drug-likeness (QED) is 0.836. The Bertz CT molecular complexity index is 475. The zero-order chi connectivity index (χ0) is 14.5. The molecule has 2 N–H and O–H groups in total. The van der Waals surface area contributed by atoms with E-state index in [4.69, 9.17) is 4.74 Å². The number of aromatic nitrogens is 1. The van der Waals surface area contributed by atoms with E-state index in [0.717, 1.165) is 19.3 Å². The van der Waals surface area contributed by atoms with Crippen molar-refractivity contribution >= 4 is 11.7 Å². The Morgan fingerprint density at radius 2 is 2.30 bits per heavy atom. The van der Waals surface area contributed by atoms with Crippen LogP contribution in [-0.4, -0.2) is 36.7 Å². The molecule has 0 radical (unpaired) electrons. The Morgan fingerprint density at radius 3 is 2.95 bits per heavy atom. The van der Waals surface area contributed by atoms with Crippen molar-refractivity contribution in [3.05, 3.63) is 23.6 Å². The number of hydrogen-bond acceptors (Lipinski definition) is 4. The first-order valence-electron chi connectivity index (χ1n) is 6.87. The molecule has 0 aliphatic heterocycles. The first-order chi connectivity index (χ1) is 9.65. The molecular weight excluding hydrogens is 261 g/mol. The minimum Gasteiger partial charge on any atom is -0.381 e. The minimum absolute atomic E-state index is 0.0273. The zero-order valence-corrected chi connectivity index (χ0v) is 11.8. The molecular formula is C14H20FN3O2. The summed E-state index contributed by atoms with van der Waals surface area (Å²) < 4.78 is 19.3. The first kappa shape index (κ1) is 14.7. The van der Waals surface area contributed by atoms with Gasteiger partial charge in [-0.2, -0.15) is 0 Å². The van der Waals surface area contributed by atoms with Gasteiger partial charge in [0, 0.05) is 25.9 Å². The molecule has 1 heterocycles. The maximum absolute atomic E-state index is 14.2. The van der Waals surface area contributed by atoms with Gasteiger partial charge in [0.1, 0.15) is 0 Å². The van der Waals surface area contributed by atoms with Crippen LogP contribution in [0, 0.1) is 5.82 Å². The third kappa shape index (κ3) is 3.25. The summed E-state index contributed by atoms with van der Waals surface area (Å²) in [6.07, 6.45) is 4.04. The highest BCUT2D eigenvalue weighted by atomic mass is 19.1. The van der Waals surface area contributed by atoms with E-state index in [2.05, 4.69) is 15.6 Å². The number of ether oxygens (including phenoxy) is 1. The van der Waals surface area contributed by atoms with E-state index >= 15 is 0 Å². The molecule has 1 aliphatic carbocycles. The van der Waals surface area contributed by atoms with Crippen molar-refractivity contribution in [3.8, 4) is 0 Å². The number of halogens is 1. The van der Waals surface area contributed by atoms with E-state index in [1.54, 1.807) is 7.11 Å². The molecule has 0 spiro atoms. The molecule has 1 aromatic heterocycles. The number of rotatable bonds is 6. The number of carbonyl (C=O) groups excluding carboxylic acids is 1. The van der Waals surface area contributed by atoms with Gasteiger partial charge >= 0.3 is 0 Å². The van der Waals surface area contributed by atoms with Crippen LogP contribution in [0.15, 0.2) is 12.3 Å². The number of nitrogens with zero attached hydrogens (tertiary/aromatic N) is 1. The molecule has 1 saturated carbocycles. The fourth-order valence-electron chi connectivity index (χ4n) is 2.12. The average Bonchev–Trinajstić information content (AvgIpc) is 2.41. The van der Waals surface area contributed by atoms with Crippen LogP contribution in [0.1, 0.15) is 36.5 Å². The molecule has 1 fully saturated rings. The molecule has 0 unspecified atom stereocenters. The summed E-state index contributed by atoms with van der Waals surface area (Å²) in [6.45, 7) is 2.59. The molecule has 0 saturated heterocycles. The van der Waals surface area contributed by atoms with Gasteiger partial charge in [0.2, 0.25) is 0 Å². The lowest BCUT2D eigenvalue weighted by Gasteiger charge is -2.34. The normalized spacial score (nSPS) is 21.1. The highest BCUT2D eigenvalue weighted by Crippen LogP contribution is 2.23. The molecule has 0 bridgehead atoms. The van der Waals surface area contributed by atoms with Crippen LogP contribution in [-0.2, 0) is 4.74 Å². The molecule has 20 heavy (non-hydrogen) atoms. The van der Waals surface area contributed by atoms with Crippen LogP contribution in [0.5, 0.6) is 0 Å². The number of hydrogen-bond donors (Lipinski definition) is 2. The Labute approximate surface area is 117 Å². The summed E-state index contributed by atoms with van der Waals surface area (Å²) >= 11 is 0. The number of nitrogens with one attached hydrogen (secondary N) is 2. The second kappa shape index (κ2) is 6.65. The number of pyridine rings is 1. The summed E-state index contributed by atoms with van der Waals surface area (Å²) in [7, 11) is 1.65. The standard InChI is InChI=1S/C14H20FN3O2/c1-3-5-16-13-12(15)11(4-6-17-13)14(19)18-9-7-10(8-9)20-2/h4,6,9-10H,3,5,7-8H2,1-2H3,(H,16,17)(H,18,19). The van der Waals surface area contributed by atoms with Crippen LogP contribution in [0.4, 0.5) is 10.2 Å². The van der Waals surface area contributed by atoms with E-state index < -0.39 is 11.7 Å². The summed E-state index contributed by atoms with van der Waals surface area (Å²) in [4.78, 5) is 16.0. The van der Waals surface area contributed by atoms with Crippen LogP contribution in [0.25, 0.3) is 0 Å². The van der Waals surface area contributed by atoms with E-state index in [1.807, 2.05) is 6.92 Å². The van der Waals surface area contributed by atoms with E-state index in [1.165, 1.54) is 12.3 Å². The van der Waals surface area contributed by atoms with Gasteiger partial charge in [-0.15, -0.1) is 0 Å². The molecule has 2 rings (SSSR count). The number of amides is 1. The maximum Gasteiger partial charge on any atom is 0.254 e. The predicted molar refractivity (Wildman–Crippen MR) is 74.3 cm³/mol. The van der Waals surface area contributed by atoms with E-state index in [0.29, 0.717) is 6.54 Å². The Kier molecular flexibility index (Phi) is 4.89. The van der Waals surface area contributed by atoms with Crippen molar-refractivity contribution < 1.29 is 13.9 Å². The predicted octanol–water partition coefficient (Wildman–Crippen LogP) is 1.95. The second-order valence-electron chi connectivity index (χ2n) is 4.95. The summed E-state index contributed by atoms with van der Waals surface area (Å²) in [5.74, 6) is -0.868. The fourth-order valence-corrected chi connectivity index (χ4v) is 2.12. The maximum atomic E-state index is 14.2. The van der Waals surface area contributed by atoms with Gasteiger partial charge in [-0.3, -0.25) is 4.79 Å². The van der Waals surface area contributed by atoms with Gasteiger partial charge in [-0.05, 0) is 25.3 Å². The Hall–Kier alpha value is -1.69. The van der Waals surface area contributed by atoms with Gasteiger partial charge in [0.15, 0.2) is 11.6 Å². The van der Waals surface area contributed by atoms with Crippen LogP contribution in [0.2, 0.25) is 0 Å². The lowest BCUT2D eigenvalue weighted by atomic mass is 9.89. The van der Waals surface area contributed by atoms with Gasteiger partial charge in [-0.25, -0.2) is 9.37 Å². The monoisotopic (exact) mass is 281 g/mol. The Balaban J connectivity index is 1.99. The molecule has 1 amide bonds. The summed E-state index contributed by atoms with van der Waals surface area (Å²) in [6, 6.07) is 1.46. The molecule has 110 valence electrons. The van der Waals surface area contributed by atoms with Gasteiger partial charge < -0.3 is 15.4 Å². The van der Waals surface area contributed by atoms with Crippen molar-refractivity contribution in [2.24, 2.45) is 0 Å². The molecule has 1 aliphatic rings. The Morgan fingerprint density at radius 1 is 1.55 bits per heavy atom. The summed E-state index contributed by atoms with van der Waals surface area (Å²) in [5.41, 5.74) is 0.0273. The zero-order valence-electron chi connectivity index (χ0n) is 11.8. The smallest absolute Gasteiger partial charge is 0.254 e. The third-order valence-electron chi connectivity index (χ3n) is 3.44. The fraction of sp³-hybridized carbons (Fsp3) is 0.571. The van der Waals surface area contributed by atoms with Crippen molar-refractivity contribution in [2.75, 3.05) is 19.0 Å². The van der Waals surface area contributed by atoms with Crippen LogP contribution in [0.3, 0.4) is 0 Å². The number of methoxy groups -OCH3 is 1. The molecule has 1 aromatic rings. The van der Waals surface area contributed by atoms with E-state index in [-0.39, 0.29) is 23.5 Å². The number of carbonyl (C=O) groups is 1. The summed E-state index contributed by atoms with van der Waals surface area (Å²) in [5, 5.41) is 5.68. The van der Waals surface area contributed by atoms with Gasteiger partial charge in [0.25, 0.3) is 5.91 Å². The van der Waals surface area contributed by atoms with Crippen molar-refractivity contribution in [2.45, 2.75) is 38.3 Å². The molecule has 5 nitrogen and oxygen atoms in total. The lowest BCUT2D eigenvalue weighted by molar-refractivity contribution is 0.0175. The second-order valence-corrected chi connectivity index (χ2v) is 4.95. The van der Waals surface area contributed by atoms with Crippen molar-refractivity contribution in [1.29, 1.82) is 0 Å². The minimum atomic E-state index is -0.596. The van der Waals surface area contributed by atoms with E-state index in [9.17, 15) is 9.18 Å². The highest BCUT2D eigenvalue weighted by molar-refractivity contribution is 5.95. The number of anilines is 1. The third-order valence-corrected chi connectivity index (χ3v) is 3.44. The topological polar surface area (TPSA) is 63.2 Å². The highest BCUT2D eigenvalue weighted by Gasteiger charge is 2.31. The van der Waals surface area contributed by atoms with Crippen LogP contribution >= 0.6 is 0 Å². The molecule has 0 atom stereocenters. The van der Waals surface area contributed by atoms with Gasteiger partial charge in [-0.1, -0.05) is 6.92 Å². The van der Waals surface area contributed by atoms with Gasteiger partial charge in [0.05, 0.1) is 11.7 Å². The molecule has 0 aromatic carbocycles. The average molecular weight is 281 g/mol. The van der Waals surface area contributed by atoms with Crippen LogP contribution < -0.4 is 10.6 Å². The SMILES string of the molecule is CCCNc1nccc(C(=O)NC2CC(OC)C2)c1F. The molecule has 6 heteroatoms. The lowest BCUT2D eigenvalue weighted by Crippen LogP contribution is -2.47. The van der Waals surface area contributed by atoms with Crippen molar-refractivity contribution in [3.63, 3.8) is 0 Å². The first-order valence-corrected chi connectivity index (χ1v) is 6.87.